The highest BCUT2D eigenvalue weighted by atomic mass is 16.2. The number of hydrogen-bond donors (Lipinski definition) is 0. The molecule has 138 valence electrons. The van der Waals surface area contributed by atoms with Crippen LogP contribution in [0.5, 0.6) is 0 Å². The molecule has 0 saturated heterocycles. The van der Waals surface area contributed by atoms with E-state index in [9.17, 15) is 4.79 Å². The highest BCUT2D eigenvalue weighted by Crippen LogP contribution is 2.30. The van der Waals surface area contributed by atoms with Crippen molar-refractivity contribution >= 4 is 11.6 Å². The molecule has 5 rings (SSSR count). The molecule has 0 bridgehead atoms. The molecular weight excluding hydrogens is 346 g/mol. The van der Waals surface area contributed by atoms with Gasteiger partial charge >= 0.3 is 0 Å². The molecule has 4 heteroatoms. The highest BCUT2D eigenvalue weighted by Gasteiger charge is 2.27. The third kappa shape index (κ3) is 3.01. The summed E-state index contributed by atoms with van der Waals surface area (Å²) in [6, 6.07) is 18.7. The van der Waals surface area contributed by atoms with Crippen LogP contribution in [0.4, 0.5) is 0 Å². The lowest BCUT2D eigenvalue weighted by Crippen LogP contribution is -2.35. The number of nitrogens with zero attached hydrogens (tertiary/aromatic N) is 3. The Morgan fingerprint density at radius 1 is 1.00 bits per heavy atom. The van der Waals surface area contributed by atoms with Gasteiger partial charge < -0.3 is 4.90 Å². The minimum absolute atomic E-state index is 0.192. The van der Waals surface area contributed by atoms with Gasteiger partial charge in [0, 0.05) is 24.8 Å². The number of aryl methyl sites for hydroxylation is 1. The standard InChI is InChI=1S/C24H21N3O/c1-16-5-4-6-17(9-16)14-27-15-20-11-21-19(10-18(20)12-23(27)28)13-26-24(21)22-7-2-3-8-25-22/h2-11H,12-15H2,1H3. The Hall–Kier alpha value is -3.27. The van der Waals surface area contributed by atoms with E-state index in [4.69, 9.17) is 4.99 Å². The van der Waals surface area contributed by atoms with Crippen molar-refractivity contribution in [2.45, 2.75) is 33.0 Å². The Bertz CT molecular complexity index is 1100. The van der Waals surface area contributed by atoms with Gasteiger partial charge in [-0.05, 0) is 47.4 Å². The first-order chi connectivity index (χ1) is 13.7. The summed E-state index contributed by atoms with van der Waals surface area (Å²) in [6.45, 7) is 4.04. The molecule has 28 heavy (non-hydrogen) atoms. The Balaban J connectivity index is 1.45. The van der Waals surface area contributed by atoms with Crippen LogP contribution in [0.25, 0.3) is 0 Å². The summed E-state index contributed by atoms with van der Waals surface area (Å²) >= 11 is 0. The Labute approximate surface area is 164 Å². The SMILES string of the molecule is Cc1cccc(CN2Cc3cc4c(cc3CC2=O)CN=C4c2ccccn2)c1. The molecule has 0 unspecified atom stereocenters. The van der Waals surface area contributed by atoms with Crippen molar-refractivity contribution in [1.29, 1.82) is 0 Å². The number of amides is 1. The van der Waals surface area contributed by atoms with Crippen LogP contribution < -0.4 is 0 Å². The quantitative estimate of drug-likeness (QED) is 0.706. The fourth-order valence-electron chi connectivity index (χ4n) is 4.12. The molecule has 0 N–H and O–H groups in total. The number of aliphatic imine (C=N–C) groups is 1. The molecule has 0 atom stereocenters. The summed E-state index contributed by atoms with van der Waals surface area (Å²) in [4.78, 5) is 23.9. The van der Waals surface area contributed by atoms with Gasteiger partial charge in [0.2, 0.25) is 5.91 Å². The number of benzene rings is 2. The molecule has 0 aliphatic carbocycles. The second kappa shape index (κ2) is 6.71. The van der Waals surface area contributed by atoms with Crippen molar-refractivity contribution < 1.29 is 4.79 Å². The summed E-state index contributed by atoms with van der Waals surface area (Å²) in [5.74, 6) is 0.192. The maximum Gasteiger partial charge on any atom is 0.227 e. The van der Waals surface area contributed by atoms with Crippen LogP contribution in [-0.2, 0) is 30.8 Å². The normalized spacial score (nSPS) is 15.2. The second-order valence-corrected chi connectivity index (χ2v) is 7.57. The third-order valence-electron chi connectivity index (χ3n) is 5.51. The first-order valence-corrected chi connectivity index (χ1v) is 9.61. The molecule has 3 heterocycles. The van der Waals surface area contributed by atoms with Crippen molar-refractivity contribution in [2.24, 2.45) is 4.99 Å². The van der Waals surface area contributed by atoms with E-state index in [1.165, 1.54) is 22.3 Å². The van der Waals surface area contributed by atoms with Crippen molar-refractivity contribution in [2.75, 3.05) is 0 Å². The average Bonchev–Trinajstić information content (AvgIpc) is 3.10. The molecule has 0 radical (unpaired) electrons. The van der Waals surface area contributed by atoms with Gasteiger partial charge in [-0.15, -0.1) is 0 Å². The van der Waals surface area contributed by atoms with Crippen molar-refractivity contribution in [3.05, 3.63) is 99.9 Å². The fourth-order valence-corrected chi connectivity index (χ4v) is 4.12. The van der Waals surface area contributed by atoms with E-state index in [1.807, 2.05) is 23.1 Å². The molecule has 0 saturated carbocycles. The van der Waals surface area contributed by atoms with Crippen molar-refractivity contribution in [1.82, 2.24) is 9.88 Å². The maximum atomic E-state index is 12.7. The number of rotatable bonds is 3. The van der Waals surface area contributed by atoms with E-state index in [2.05, 4.69) is 48.3 Å². The van der Waals surface area contributed by atoms with Crippen LogP contribution >= 0.6 is 0 Å². The predicted octanol–water partition coefficient (Wildman–Crippen LogP) is 3.83. The van der Waals surface area contributed by atoms with Gasteiger partial charge in [0.25, 0.3) is 0 Å². The zero-order chi connectivity index (χ0) is 19.1. The van der Waals surface area contributed by atoms with E-state index in [0.29, 0.717) is 26.1 Å². The van der Waals surface area contributed by atoms with E-state index >= 15 is 0 Å². The van der Waals surface area contributed by atoms with Crippen LogP contribution in [0.1, 0.15) is 39.1 Å². The number of hydrogen-bond acceptors (Lipinski definition) is 3. The minimum Gasteiger partial charge on any atom is -0.334 e. The van der Waals surface area contributed by atoms with E-state index in [-0.39, 0.29) is 5.91 Å². The van der Waals surface area contributed by atoms with Gasteiger partial charge in [-0.1, -0.05) is 42.0 Å². The van der Waals surface area contributed by atoms with Crippen LogP contribution in [0.15, 0.2) is 65.8 Å². The van der Waals surface area contributed by atoms with Crippen LogP contribution in [-0.4, -0.2) is 21.5 Å². The Kier molecular flexibility index (Phi) is 4.05. The largest absolute Gasteiger partial charge is 0.334 e. The van der Waals surface area contributed by atoms with Crippen LogP contribution in [0.2, 0.25) is 0 Å². The van der Waals surface area contributed by atoms with Crippen molar-refractivity contribution in [3.63, 3.8) is 0 Å². The first-order valence-electron chi connectivity index (χ1n) is 9.61. The summed E-state index contributed by atoms with van der Waals surface area (Å²) < 4.78 is 0. The predicted molar refractivity (Wildman–Crippen MR) is 109 cm³/mol. The molecule has 0 fully saturated rings. The minimum atomic E-state index is 0.192. The second-order valence-electron chi connectivity index (χ2n) is 7.57. The molecule has 0 spiro atoms. The molecule has 1 aromatic heterocycles. The molecule has 3 aromatic rings. The number of carbonyl (C=O) groups excluding carboxylic acids is 1. The van der Waals surface area contributed by atoms with Gasteiger partial charge in [-0.25, -0.2) is 0 Å². The van der Waals surface area contributed by atoms with E-state index in [1.54, 1.807) is 6.20 Å². The fraction of sp³-hybridized carbons (Fsp3) is 0.208. The Morgan fingerprint density at radius 3 is 2.75 bits per heavy atom. The smallest absolute Gasteiger partial charge is 0.227 e. The lowest BCUT2D eigenvalue weighted by molar-refractivity contribution is -0.132. The molecular formula is C24H21N3O. The zero-order valence-corrected chi connectivity index (χ0v) is 15.9. The van der Waals surface area contributed by atoms with Crippen LogP contribution in [0, 0.1) is 6.92 Å². The zero-order valence-electron chi connectivity index (χ0n) is 15.9. The van der Waals surface area contributed by atoms with Gasteiger partial charge in [-0.2, -0.15) is 0 Å². The van der Waals surface area contributed by atoms with Gasteiger partial charge in [0.15, 0.2) is 0 Å². The maximum absolute atomic E-state index is 12.7. The summed E-state index contributed by atoms with van der Waals surface area (Å²) in [7, 11) is 0. The molecule has 1 amide bonds. The first kappa shape index (κ1) is 16.9. The molecule has 4 nitrogen and oxygen atoms in total. The van der Waals surface area contributed by atoms with E-state index in [0.717, 1.165) is 22.5 Å². The Morgan fingerprint density at radius 2 is 1.93 bits per heavy atom. The van der Waals surface area contributed by atoms with Gasteiger partial charge in [-0.3, -0.25) is 14.8 Å². The monoisotopic (exact) mass is 367 g/mol. The topological polar surface area (TPSA) is 45.6 Å². The third-order valence-corrected chi connectivity index (χ3v) is 5.51. The number of pyridine rings is 1. The summed E-state index contributed by atoms with van der Waals surface area (Å²) in [6.07, 6.45) is 2.27. The molecule has 2 aromatic carbocycles. The van der Waals surface area contributed by atoms with E-state index < -0.39 is 0 Å². The number of carbonyl (C=O) groups is 1. The molecule has 2 aliphatic rings. The lowest BCUT2D eigenvalue weighted by atomic mass is 9.91. The molecule has 2 aliphatic heterocycles. The van der Waals surface area contributed by atoms with Crippen LogP contribution in [0.3, 0.4) is 0 Å². The number of aromatic nitrogens is 1. The summed E-state index contributed by atoms with van der Waals surface area (Å²) in [5.41, 5.74) is 8.97. The lowest BCUT2D eigenvalue weighted by Gasteiger charge is -2.29. The van der Waals surface area contributed by atoms with Gasteiger partial charge in [0.1, 0.15) is 0 Å². The highest BCUT2D eigenvalue weighted by molar-refractivity contribution is 6.14. The van der Waals surface area contributed by atoms with Crippen molar-refractivity contribution in [3.8, 4) is 0 Å². The average molecular weight is 367 g/mol. The van der Waals surface area contributed by atoms with Gasteiger partial charge in [0.05, 0.1) is 24.4 Å². The number of fused-ring (bicyclic) bond motifs is 2. The summed E-state index contributed by atoms with van der Waals surface area (Å²) in [5, 5.41) is 0.